The third-order valence-electron chi connectivity index (χ3n) is 4.33. The van der Waals surface area contributed by atoms with E-state index >= 15 is 0 Å². The fourth-order valence-electron chi connectivity index (χ4n) is 2.86. The van der Waals surface area contributed by atoms with E-state index in [1.54, 1.807) is 25.1 Å². The Labute approximate surface area is 181 Å². The van der Waals surface area contributed by atoms with Crippen LogP contribution in [0.1, 0.15) is 17.3 Å². The summed E-state index contributed by atoms with van der Waals surface area (Å²) in [6.45, 7) is 1.69. The number of nitrogens with one attached hydrogen (secondary N) is 1. The number of rotatable bonds is 7. The van der Waals surface area contributed by atoms with Gasteiger partial charge in [-0.1, -0.05) is 35.3 Å². The number of carbonyl (C=O) groups is 2. The predicted octanol–water partition coefficient (Wildman–Crippen LogP) is 3.96. The van der Waals surface area contributed by atoms with Gasteiger partial charge in [0, 0.05) is 6.54 Å². The molecule has 1 aromatic heterocycles. The van der Waals surface area contributed by atoms with Crippen molar-refractivity contribution in [2.24, 2.45) is 0 Å². The van der Waals surface area contributed by atoms with E-state index in [4.69, 9.17) is 23.2 Å². The highest BCUT2D eigenvalue weighted by Gasteiger charge is 2.28. The quantitative estimate of drug-likeness (QED) is 0.433. The number of aromatic nitrogens is 3. The number of carbonyl (C=O) groups excluding carboxylic acids is 2. The van der Waals surface area contributed by atoms with Gasteiger partial charge in [-0.2, -0.15) is 5.10 Å². The topological polar surface area (TPSA) is 86.1 Å². The van der Waals surface area contributed by atoms with E-state index in [-0.39, 0.29) is 16.6 Å². The third kappa shape index (κ3) is 4.77. The Morgan fingerprint density at radius 1 is 1.23 bits per heavy atom. The van der Waals surface area contributed by atoms with Crippen molar-refractivity contribution in [2.75, 3.05) is 19.0 Å². The highest BCUT2D eigenvalue weighted by atomic mass is 35.5. The highest BCUT2D eigenvalue weighted by molar-refractivity contribution is 6.39. The molecule has 156 valence electrons. The molecule has 0 radical (unpaired) electrons. The number of benzene rings is 2. The minimum atomic E-state index is -1.03. The second-order valence-electron chi connectivity index (χ2n) is 6.37. The van der Waals surface area contributed by atoms with E-state index in [0.717, 1.165) is 7.11 Å². The second-order valence-corrected chi connectivity index (χ2v) is 7.18. The van der Waals surface area contributed by atoms with E-state index in [0.29, 0.717) is 22.8 Å². The molecule has 0 spiro atoms. The van der Waals surface area contributed by atoms with Crippen molar-refractivity contribution in [2.45, 2.75) is 12.8 Å². The van der Waals surface area contributed by atoms with Crippen LogP contribution in [-0.2, 0) is 14.3 Å². The molecule has 1 atom stereocenters. The number of ether oxygens (including phenoxy) is 1. The molecule has 30 heavy (non-hydrogen) atoms. The maximum Gasteiger partial charge on any atom is 0.375 e. The molecule has 0 amide bonds. The Morgan fingerprint density at radius 3 is 2.50 bits per heavy atom. The Kier molecular flexibility index (Phi) is 6.69. The lowest BCUT2D eigenvalue weighted by atomic mass is 9.94. The number of hydrogen-bond donors (Lipinski definition) is 1. The smallest absolute Gasteiger partial charge is 0.375 e. The average Bonchev–Trinajstić information content (AvgIpc) is 3.15. The van der Waals surface area contributed by atoms with E-state index in [1.165, 1.54) is 29.2 Å². The SMILES string of the molecule is COC(=O)C(=O)C(CNc1c(Cl)cc(-n2cnc(C)n2)cc1Cl)c1cccc(F)c1. The number of nitrogens with zero attached hydrogens (tertiary/aromatic N) is 3. The molecular formula is C20H17Cl2FN4O3. The monoisotopic (exact) mass is 450 g/mol. The Morgan fingerprint density at radius 2 is 1.93 bits per heavy atom. The summed E-state index contributed by atoms with van der Waals surface area (Å²) in [4.78, 5) is 28.4. The number of aryl methyl sites for hydroxylation is 1. The van der Waals surface area contributed by atoms with Crippen LogP contribution >= 0.6 is 23.2 Å². The van der Waals surface area contributed by atoms with Crippen LogP contribution in [0.15, 0.2) is 42.7 Å². The minimum absolute atomic E-state index is 0.0569. The Bertz CT molecular complexity index is 1080. The van der Waals surface area contributed by atoms with E-state index in [2.05, 4.69) is 20.1 Å². The zero-order valence-electron chi connectivity index (χ0n) is 16.0. The number of halogens is 3. The summed E-state index contributed by atoms with van der Waals surface area (Å²) < 4.78 is 19.7. The zero-order chi connectivity index (χ0) is 21.8. The lowest BCUT2D eigenvalue weighted by molar-refractivity contribution is -0.152. The summed E-state index contributed by atoms with van der Waals surface area (Å²) in [6, 6.07) is 8.70. The first-order chi connectivity index (χ1) is 14.3. The highest BCUT2D eigenvalue weighted by Crippen LogP contribution is 2.34. The van der Waals surface area contributed by atoms with E-state index < -0.39 is 23.5 Å². The van der Waals surface area contributed by atoms with Crippen LogP contribution < -0.4 is 5.32 Å². The standard InChI is InChI=1S/C20H17Cl2FN4O3/c1-11-25-10-27(26-11)14-7-16(21)18(17(22)8-14)24-9-15(19(28)20(29)30-2)12-4-3-5-13(23)6-12/h3-8,10,15,24H,9H2,1-2H3. The molecule has 0 aliphatic heterocycles. The van der Waals surface area contributed by atoms with Crippen molar-refractivity contribution in [3.05, 3.63) is 70.0 Å². The molecule has 1 N–H and O–H groups in total. The number of methoxy groups -OCH3 is 1. The van der Waals surface area contributed by atoms with Crippen LogP contribution in [0.25, 0.3) is 5.69 Å². The van der Waals surface area contributed by atoms with Gasteiger partial charge in [0.2, 0.25) is 5.78 Å². The molecule has 0 aliphatic carbocycles. The van der Waals surface area contributed by atoms with E-state index in [1.807, 2.05) is 0 Å². The van der Waals surface area contributed by atoms with Crippen molar-refractivity contribution < 1.29 is 18.7 Å². The maximum atomic E-state index is 13.7. The average molecular weight is 451 g/mol. The van der Waals surface area contributed by atoms with Gasteiger partial charge < -0.3 is 10.1 Å². The summed E-state index contributed by atoms with van der Waals surface area (Å²) in [7, 11) is 1.11. The molecule has 3 aromatic rings. The molecule has 7 nitrogen and oxygen atoms in total. The fourth-order valence-corrected chi connectivity index (χ4v) is 3.47. The van der Waals surface area contributed by atoms with Crippen LogP contribution in [0.2, 0.25) is 10.0 Å². The third-order valence-corrected chi connectivity index (χ3v) is 4.93. The van der Waals surface area contributed by atoms with Crippen molar-refractivity contribution >= 4 is 40.6 Å². The second kappa shape index (κ2) is 9.23. The van der Waals surface area contributed by atoms with Gasteiger partial charge in [0.15, 0.2) is 0 Å². The van der Waals surface area contributed by atoms with Gasteiger partial charge in [0.25, 0.3) is 0 Å². The predicted molar refractivity (Wildman–Crippen MR) is 111 cm³/mol. The van der Waals surface area contributed by atoms with Crippen molar-refractivity contribution in [1.29, 1.82) is 0 Å². The van der Waals surface area contributed by atoms with Gasteiger partial charge in [-0.25, -0.2) is 18.9 Å². The first-order valence-electron chi connectivity index (χ1n) is 8.79. The van der Waals surface area contributed by atoms with Crippen molar-refractivity contribution in [3.63, 3.8) is 0 Å². The molecular weight excluding hydrogens is 434 g/mol. The molecule has 1 heterocycles. The Balaban J connectivity index is 1.88. The first kappa shape index (κ1) is 21.7. The van der Waals surface area contributed by atoms with Crippen LogP contribution in [-0.4, -0.2) is 40.2 Å². The van der Waals surface area contributed by atoms with Gasteiger partial charge >= 0.3 is 5.97 Å². The normalized spacial score (nSPS) is 11.8. The summed E-state index contributed by atoms with van der Waals surface area (Å²) in [5.41, 5.74) is 1.28. The van der Waals surface area contributed by atoms with Gasteiger partial charge in [-0.15, -0.1) is 0 Å². The number of anilines is 1. The molecule has 0 aliphatic rings. The van der Waals surface area contributed by atoms with Crippen LogP contribution in [0.4, 0.5) is 10.1 Å². The minimum Gasteiger partial charge on any atom is -0.463 e. The van der Waals surface area contributed by atoms with Crippen molar-refractivity contribution in [1.82, 2.24) is 14.8 Å². The van der Waals surface area contributed by atoms with Gasteiger partial charge in [-0.3, -0.25) is 4.79 Å². The summed E-state index contributed by atoms with van der Waals surface area (Å²) >= 11 is 12.7. The molecule has 0 saturated heterocycles. The maximum absolute atomic E-state index is 13.7. The molecule has 0 saturated carbocycles. The largest absolute Gasteiger partial charge is 0.463 e. The van der Waals surface area contributed by atoms with Crippen LogP contribution in [0, 0.1) is 12.7 Å². The molecule has 1 unspecified atom stereocenters. The van der Waals surface area contributed by atoms with Crippen molar-refractivity contribution in [3.8, 4) is 5.69 Å². The Hall–Kier alpha value is -2.97. The zero-order valence-corrected chi connectivity index (χ0v) is 17.5. The summed E-state index contributed by atoms with van der Waals surface area (Å²) in [6.07, 6.45) is 1.53. The van der Waals surface area contributed by atoms with E-state index in [9.17, 15) is 14.0 Å². The molecule has 2 aromatic carbocycles. The van der Waals surface area contributed by atoms with Gasteiger partial charge in [0.1, 0.15) is 18.0 Å². The summed E-state index contributed by atoms with van der Waals surface area (Å²) in [5, 5.41) is 7.73. The molecule has 10 heteroatoms. The summed E-state index contributed by atoms with van der Waals surface area (Å²) in [5.74, 6) is -2.79. The van der Waals surface area contributed by atoms with Crippen LogP contribution in [0.5, 0.6) is 0 Å². The lowest BCUT2D eigenvalue weighted by Crippen LogP contribution is -2.28. The molecule has 3 rings (SSSR count). The van der Waals surface area contributed by atoms with Crippen LogP contribution in [0.3, 0.4) is 0 Å². The van der Waals surface area contributed by atoms with Gasteiger partial charge in [-0.05, 0) is 36.8 Å². The fraction of sp³-hybridized carbons (Fsp3) is 0.200. The van der Waals surface area contributed by atoms with Gasteiger partial charge in [0.05, 0.1) is 34.4 Å². The lowest BCUT2D eigenvalue weighted by Gasteiger charge is -2.18. The number of ketones is 1. The molecule has 0 bridgehead atoms. The first-order valence-corrected chi connectivity index (χ1v) is 9.55. The number of Topliss-reactive ketones (excluding diaryl/α,β-unsaturated/α-hetero) is 1. The molecule has 0 fully saturated rings. The number of hydrogen-bond acceptors (Lipinski definition) is 6. The number of esters is 1.